The number of amides is 2. The van der Waals surface area contributed by atoms with Gasteiger partial charge in [0.05, 0.1) is 21.7 Å². The number of likely N-dealkylation sites (tertiary alicyclic amines) is 1. The van der Waals surface area contributed by atoms with Gasteiger partial charge >= 0.3 is 6.09 Å². The molecule has 2 aliphatic heterocycles. The molecule has 0 radical (unpaired) electrons. The Morgan fingerprint density at radius 2 is 1.84 bits per heavy atom. The van der Waals surface area contributed by atoms with Crippen LogP contribution in [0.3, 0.4) is 0 Å². The second-order valence-electron chi connectivity index (χ2n) is 11.6. The van der Waals surface area contributed by atoms with Gasteiger partial charge in [0.1, 0.15) is 11.4 Å². The summed E-state index contributed by atoms with van der Waals surface area (Å²) in [7, 11) is 0. The average molecular weight is 653 g/mol. The van der Waals surface area contributed by atoms with Gasteiger partial charge in [0, 0.05) is 56.6 Å². The van der Waals surface area contributed by atoms with Crippen molar-refractivity contribution in [3.8, 4) is 11.4 Å². The van der Waals surface area contributed by atoms with Crippen LogP contribution in [0.15, 0.2) is 65.2 Å². The predicted octanol–water partition coefficient (Wildman–Crippen LogP) is 7.22. The van der Waals surface area contributed by atoms with E-state index >= 15 is 0 Å². The Kier molecular flexibility index (Phi) is 8.81. The molecule has 2 aliphatic rings. The largest absolute Gasteiger partial charge is 0.438 e. The number of hydrogen-bond acceptors (Lipinski definition) is 7. The summed E-state index contributed by atoms with van der Waals surface area (Å²) in [5.41, 5.74) is 2.84. The van der Waals surface area contributed by atoms with E-state index < -0.39 is 17.6 Å². The Bertz CT molecular complexity index is 1720. The number of carbonyl (C=O) groups is 2. The molecule has 9 nitrogen and oxygen atoms in total. The lowest BCUT2D eigenvalue weighted by atomic mass is 9.81. The van der Waals surface area contributed by atoms with Crippen LogP contribution in [0.4, 0.5) is 14.9 Å². The predicted molar refractivity (Wildman–Crippen MR) is 169 cm³/mol. The van der Waals surface area contributed by atoms with Gasteiger partial charge in [0.25, 0.3) is 0 Å². The van der Waals surface area contributed by atoms with Crippen LogP contribution in [0.2, 0.25) is 10.0 Å². The Labute approximate surface area is 270 Å². The highest BCUT2D eigenvalue weighted by atomic mass is 35.5. The van der Waals surface area contributed by atoms with Gasteiger partial charge in [-0.1, -0.05) is 58.7 Å². The minimum Gasteiger partial charge on any atom is -0.438 e. The number of halogens is 3. The molecule has 12 heteroatoms. The van der Waals surface area contributed by atoms with Crippen LogP contribution in [-0.2, 0) is 21.7 Å². The molecule has 234 valence electrons. The van der Waals surface area contributed by atoms with Crippen molar-refractivity contribution in [2.24, 2.45) is 0 Å². The van der Waals surface area contributed by atoms with E-state index in [4.69, 9.17) is 32.5 Å². The van der Waals surface area contributed by atoms with E-state index in [1.807, 2.05) is 30.3 Å². The number of fused-ring (bicyclic) bond motifs is 2. The minimum absolute atomic E-state index is 0.00495. The molecule has 1 aromatic heterocycles. The van der Waals surface area contributed by atoms with Crippen LogP contribution >= 0.6 is 23.2 Å². The lowest BCUT2D eigenvalue weighted by Gasteiger charge is -2.46. The number of anilines is 1. The van der Waals surface area contributed by atoms with E-state index in [2.05, 4.69) is 32.6 Å². The molecule has 3 heterocycles. The maximum atomic E-state index is 14.2. The third kappa shape index (κ3) is 6.68. The molecule has 6 rings (SSSR count). The normalized spacial score (nSPS) is 17.2. The lowest BCUT2D eigenvalue weighted by molar-refractivity contribution is -0.123. The second kappa shape index (κ2) is 12.8. The molecule has 1 saturated heterocycles. The van der Waals surface area contributed by atoms with E-state index in [1.54, 1.807) is 25.1 Å². The summed E-state index contributed by atoms with van der Waals surface area (Å²) in [5, 5.41) is 10.5. The summed E-state index contributed by atoms with van der Waals surface area (Å²) >= 11 is 12.6. The van der Waals surface area contributed by atoms with Gasteiger partial charge in [-0.25, -0.2) is 9.18 Å². The van der Waals surface area contributed by atoms with Gasteiger partial charge in [-0.2, -0.15) is 4.98 Å². The standard InChI is InChI=1S/C33H32Cl2FN5O4/c1-19(41-13-11-33(12-14-41)26-17-24(36)8-10-29(26)39-32(43)44-33)15-25(23-7-9-27(34)28(35)16-23)31(42)37-18-21-3-5-22(6-4-21)30-38-20(2)45-40-30/h3-10,16-17,19,25H,11-15,18H2,1-2H3,(H,37,42)(H,39,43). The highest BCUT2D eigenvalue weighted by Gasteiger charge is 2.45. The quantitative estimate of drug-likeness (QED) is 0.207. The first kappa shape index (κ1) is 31.0. The number of nitrogens with zero attached hydrogens (tertiary/aromatic N) is 3. The number of aromatic nitrogens is 2. The first-order chi connectivity index (χ1) is 21.6. The number of aryl methyl sites for hydroxylation is 1. The molecule has 3 aromatic carbocycles. The summed E-state index contributed by atoms with van der Waals surface area (Å²) in [5.74, 6) is -0.0160. The fourth-order valence-electron chi connectivity index (χ4n) is 6.18. The zero-order chi connectivity index (χ0) is 31.7. The van der Waals surface area contributed by atoms with Crippen LogP contribution in [0, 0.1) is 12.7 Å². The number of benzene rings is 3. The molecule has 2 unspecified atom stereocenters. The average Bonchev–Trinajstić information content (AvgIpc) is 3.47. The van der Waals surface area contributed by atoms with Crippen LogP contribution in [-0.4, -0.2) is 46.2 Å². The van der Waals surface area contributed by atoms with Crippen molar-refractivity contribution in [1.29, 1.82) is 0 Å². The smallest absolute Gasteiger partial charge is 0.412 e. The first-order valence-corrected chi connectivity index (χ1v) is 15.5. The molecule has 4 aromatic rings. The third-order valence-corrected chi connectivity index (χ3v) is 9.41. The Morgan fingerprint density at radius 1 is 1.09 bits per heavy atom. The fraction of sp³-hybridized carbons (Fsp3) is 0.333. The highest BCUT2D eigenvalue weighted by Crippen LogP contribution is 2.44. The fourth-order valence-corrected chi connectivity index (χ4v) is 6.49. The van der Waals surface area contributed by atoms with Gasteiger partial charge < -0.3 is 19.5 Å². The van der Waals surface area contributed by atoms with Gasteiger partial charge in [-0.15, -0.1) is 0 Å². The van der Waals surface area contributed by atoms with E-state index in [1.165, 1.54) is 12.1 Å². The van der Waals surface area contributed by atoms with E-state index in [0.717, 1.165) is 16.7 Å². The third-order valence-electron chi connectivity index (χ3n) is 8.67. The van der Waals surface area contributed by atoms with Crippen molar-refractivity contribution in [3.05, 3.63) is 99.1 Å². The molecular weight excluding hydrogens is 620 g/mol. The second-order valence-corrected chi connectivity index (χ2v) is 12.4. The van der Waals surface area contributed by atoms with Crippen molar-refractivity contribution in [1.82, 2.24) is 20.4 Å². The first-order valence-electron chi connectivity index (χ1n) is 14.8. The molecular formula is C33H32Cl2FN5O4. The molecule has 0 bridgehead atoms. The minimum atomic E-state index is -0.894. The van der Waals surface area contributed by atoms with Crippen LogP contribution in [0.5, 0.6) is 0 Å². The van der Waals surface area contributed by atoms with Gasteiger partial charge in [0.2, 0.25) is 17.6 Å². The van der Waals surface area contributed by atoms with Crippen molar-refractivity contribution in [2.75, 3.05) is 18.4 Å². The molecule has 45 heavy (non-hydrogen) atoms. The van der Waals surface area contributed by atoms with Crippen molar-refractivity contribution >= 4 is 40.9 Å². The van der Waals surface area contributed by atoms with Crippen LogP contribution in [0.25, 0.3) is 11.4 Å². The Morgan fingerprint density at radius 3 is 2.53 bits per heavy atom. The van der Waals surface area contributed by atoms with E-state index in [-0.39, 0.29) is 17.8 Å². The van der Waals surface area contributed by atoms with Crippen molar-refractivity contribution in [3.63, 3.8) is 0 Å². The summed E-state index contributed by atoms with van der Waals surface area (Å²) in [4.78, 5) is 32.6. The Balaban J connectivity index is 1.14. The number of rotatable bonds is 8. The van der Waals surface area contributed by atoms with Crippen LogP contribution < -0.4 is 10.6 Å². The molecule has 0 aliphatic carbocycles. The van der Waals surface area contributed by atoms with Crippen molar-refractivity contribution in [2.45, 2.75) is 57.2 Å². The summed E-state index contributed by atoms with van der Waals surface area (Å²) in [6, 6.07) is 17.2. The molecule has 1 spiro atoms. The van der Waals surface area contributed by atoms with E-state index in [0.29, 0.717) is 71.9 Å². The van der Waals surface area contributed by atoms with E-state index in [9.17, 15) is 14.0 Å². The molecule has 2 amide bonds. The zero-order valence-electron chi connectivity index (χ0n) is 24.8. The number of hydrogen-bond donors (Lipinski definition) is 2. The molecule has 2 N–H and O–H groups in total. The summed E-state index contributed by atoms with van der Waals surface area (Å²) < 4.78 is 25.0. The molecule has 1 fully saturated rings. The Hall–Kier alpha value is -3.99. The van der Waals surface area contributed by atoms with Gasteiger partial charge in [-0.3, -0.25) is 10.1 Å². The number of nitrogens with one attached hydrogen (secondary N) is 2. The monoisotopic (exact) mass is 651 g/mol. The lowest BCUT2D eigenvalue weighted by Crippen LogP contribution is -2.50. The maximum absolute atomic E-state index is 14.2. The SMILES string of the molecule is Cc1nc(-c2ccc(CNC(=O)C(CC(C)N3CCC4(CC3)OC(=O)Nc3ccc(F)cc34)c3ccc(Cl)c(Cl)c3)cc2)no1. The van der Waals surface area contributed by atoms with Gasteiger partial charge in [-0.05, 0) is 54.8 Å². The number of ether oxygens (including phenoxy) is 1. The number of carbonyl (C=O) groups excluding carboxylic acids is 2. The number of piperidine rings is 1. The maximum Gasteiger partial charge on any atom is 0.412 e. The zero-order valence-corrected chi connectivity index (χ0v) is 26.3. The topological polar surface area (TPSA) is 110 Å². The van der Waals surface area contributed by atoms with Crippen LogP contribution in [0.1, 0.15) is 54.7 Å². The van der Waals surface area contributed by atoms with Crippen molar-refractivity contribution < 1.29 is 23.2 Å². The summed E-state index contributed by atoms with van der Waals surface area (Å²) in [6.45, 7) is 5.35. The molecule has 0 saturated carbocycles. The van der Waals surface area contributed by atoms with Gasteiger partial charge in [0.15, 0.2) is 0 Å². The highest BCUT2D eigenvalue weighted by molar-refractivity contribution is 6.42. The summed E-state index contributed by atoms with van der Waals surface area (Å²) in [6.07, 6.45) is 0.986. The molecule has 2 atom stereocenters.